The van der Waals surface area contributed by atoms with E-state index in [1.807, 2.05) is 30.3 Å². The number of halogens is 4. The Kier molecular flexibility index (Phi) is 11.7. The highest BCUT2D eigenvalue weighted by atomic mass is 35.5. The van der Waals surface area contributed by atoms with E-state index in [2.05, 4.69) is 5.32 Å². The van der Waals surface area contributed by atoms with Gasteiger partial charge in [0.25, 0.3) is 10.0 Å². The number of rotatable bonds is 12. The summed E-state index contributed by atoms with van der Waals surface area (Å²) >= 11 is 25.5. The van der Waals surface area contributed by atoms with Crippen LogP contribution >= 0.6 is 46.4 Å². The van der Waals surface area contributed by atoms with Gasteiger partial charge in [0.15, 0.2) is 0 Å². The second kappa shape index (κ2) is 15.8. The molecule has 0 aromatic heterocycles. The molecule has 0 unspecified atom stereocenters. The van der Waals surface area contributed by atoms with Gasteiger partial charge in [0.1, 0.15) is 12.6 Å². The average molecular weight is 734 g/mol. The highest BCUT2D eigenvalue weighted by Gasteiger charge is 2.36. The van der Waals surface area contributed by atoms with Gasteiger partial charge in [0.05, 0.1) is 10.6 Å². The first-order valence-corrected chi connectivity index (χ1v) is 18.1. The van der Waals surface area contributed by atoms with Gasteiger partial charge in [-0.05, 0) is 73.0 Å². The van der Waals surface area contributed by atoms with Crippen molar-refractivity contribution >= 4 is 73.9 Å². The van der Waals surface area contributed by atoms with Crippen LogP contribution in [0.5, 0.6) is 0 Å². The van der Waals surface area contributed by atoms with Crippen molar-refractivity contribution in [1.29, 1.82) is 0 Å². The molecule has 0 spiro atoms. The number of nitrogens with one attached hydrogen (secondary N) is 1. The largest absolute Gasteiger partial charge is 0.352 e. The van der Waals surface area contributed by atoms with E-state index in [0.29, 0.717) is 20.6 Å². The number of benzene rings is 4. The minimum atomic E-state index is -4.31. The van der Waals surface area contributed by atoms with Crippen molar-refractivity contribution in [2.24, 2.45) is 0 Å². The van der Waals surface area contributed by atoms with Crippen molar-refractivity contribution in [3.05, 3.63) is 128 Å². The van der Waals surface area contributed by atoms with Gasteiger partial charge in [-0.2, -0.15) is 0 Å². The van der Waals surface area contributed by atoms with Gasteiger partial charge >= 0.3 is 0 Å². The van der Waals surface area contributed by atoms with Crippen LogP contribution in [0.2, 0.25) is 20.1 Å². The molecule has 12 heteroatoms. The lowest BCUT2D eigenvalue weighted by molar-refractivity contribution is -0.140. The van der Waals surface area contributed by atoms with E-state index < -0.39 is 28.5 Å². The summed E-state index contributed by atoms with van der Waals surface area (Å²) in [6.07, 6.45) is 3.87. The van der Waals surface area contributed by atoms with Gasteiger partial charge < -0.3 is 10.2 Å². The molecule has 0 saturated heterocycles. The molecule has 1 N–H and O–H groups in total. The van der Waals surface area contributed by atoms with E-state index in [9.17, 15) is 18.0 Å². The number of hydrogen-bond acceptors (Lipinski definition) is 4. The number of hydrogen-bond donors (Lipinski definition) is 1. The Hall–Kier alpha value is -3.27. The van der Waals surface area contributed by atoms with Gasteiger partial charge in [0, 0.05) is 44.7 Å². The lowest BCUT2D eigenvalue weighted by atomic mass is 10.0. The van der Waals surface area contributed by atoms with Crippen LogP contribution in [0.15, 0.2) is 102 Å². The van der Waals surface area contributed by atoms with Crippen LogP contribution in [0.25, 0.3) is 0 Å². The first-order valence-electron chi connectivity index (χ1n) is 15.1. The SMILES string of the molecule is O=C(NC1CCCC1)[C@H](Cc1ccccc1)N(Cc1c(Cl)cccc1Cl)C(=O)CN(c1cccc(Cl)c1)S(=O)(=O)c1ccc(Cl)cc1. The molecule has 0 heterocycles. The molecule has 246 valence electrons. The number of sulfonamides is 1. The maximum Gasteiger partial charge on any atom is 0.264 e. The topological polar surface area (TPSA) is 86.8 Å². The number of anilines is 1. The number of carbonyl (C=O) groups excluding carboxylic acids is 2. The van der Waals surface area contributed by atoms with Crippen molar-refractivity contribution in [3.63, 3.8) is 0 Å². The Morgan fingerprint density at radius 1 is 0.787 bits per heavy atom. The van der Waals surface area contributed by atoms with Gasteiger partial charge in [-0.1, -0.05) is 102 Å². The van der Waals surface area contributed by atoms with E-state index in [-0.39, 0.29) is 40.5 Å². The summed E-state index contributed by atoms with van der Waals surface area (Å²) in [4.78, 5) is 30.1. The number of amides is 2. The Balaban J connectivity index is 1.59. The normalized spacial score (nSPS) is 14.0. The summed E-state index contributed by atoms with van der Waals surface area (Å²) in [6.45, 7) is -0.785. The van der Waals surface area contributed by atoms with Crippen LogP contribution in [0.3, 0.4) is 0 Å². The van der Waals surface area contributed by atoms with Crippen LogP contribution in [-0.4, -0.2) is 43.8 Å². The molecule has 47 heavy (non-hydrogen) atoms. The van der Waals surface area contributed by atoms with Crippen molar-refractivity contribution in [3.8, 4) is 0 Å². The summed E-state index contributed by atoms with van der Waals surface area (Å²) in [5.74, 6) is -0.979. The molecule has 0 radical (unpaired) electrons. The summed E-state index contributed by atoms with van der Waals surface area (Å²) in [6, 6.07) is 25.2. The molecule has 7 nitrogen and oxygen atoms in total. The molecule has 1 aliphatic rings. The molecule has 1 aliphatic carbocycles. The molecular formula is C35H33Cl4N3O4S. The van der Waals surface area contributed by atoms with Gasteiger partial charge in [-0.3, -0.25) is 13.9 Å². The Bertz CT molecular complexity index is 1800. The zero-order chi connectivity index (χ0) is 33.6. The average Bonchev–Trinajstić information content (AvgIpc) is 3.56. The number of carbonyl (C=O) groups is 2. The minimum absolute atomic E-state index is 0.0186. The molecule has 1 atom stereocenters. The van der Waals surface area contributed by atoms with Crippen LogP contribution in [0.4, 0.5) is 5.69 Å². The predicted octanol–water partition coefficient (Wildman–Crippen LogP) is 8.19. The second-order valence-corrected chi connectivity index (χ2v) is 14.9. The van der Waals surface area contributed by atoms with Crippen LogP contribution in [-0.2, 0) is 32.6 Å². The highest BCUT2D eigenvalue weighted by molar-refractivity contribution is 7.92. The van der Waals surface area contributed by atoms with Gasteiger partial charge in [-0.25, -0.2) is 8.42 Å². The maximum absolute atomic E-state index is 14.6. The summed E-state index contributed by atoms with van der Waals surface area (Å²) in [7, 11) is -4.31. The quantitative estimate of drug-likeness (QED) is 0.159. The predicted molar refractivity (Wildman–Crippen MR) is 189 cm³/mol. The third-order valence-corrected chi connectivity index (χ3v) is 11.1. The van der Waals surface area contributed by atoms with Crippen molar-refractivity contribution < 1.29 is 18.0 Å². The molecule has 0 bridgehead atoms. The Labute approximate surface area is 295 Å². The maximum atomic E-state index is 14.6. The Morgan fingerprint density at radius 3 is 2.06 bits per heavy atom. The lowest BCUT2D eigenvalue weighted by Gasteiger charge is -2.34. The summed E-state index contributed by atoms with van der Waals surface area (Å²) in [5.41, 5.74) is 1.43. The zero-order valence-corrected chi connectivity index (χ0v) is 29.1. The fourth-order valence-electron chi connectivity index (χ4n) is 5.67. The second-order valence-electron chi connectivity index (χ2n) is 11.4. The standard InChI is InChI=1S/C35H33Cl4N3O4S/c36-25-16-18-29(19-17-25)47(45,46)42(28-13-6-10-26(37)21-28)23-34(43)41(22-30-31(38)14-7-15-32(30)39)33(20-24-8-2-1-3-9-24)35(44)40-27-11-4-5-12-27/h1-3,6-10,13-19,21,27,33H,4-5,11-12,20,22-23H2,(H,40,44)/t33-/m0/s1. The fourth-order valence-corrected chi connectivity index (χ4v) is 7.90. The smallest absolute Gasteiger partial charge is 0.264 e. The van der Waals surface area contributed by atoms with Gasteiger partial charge in [-0.15, -0.1) is 0 Å². The monoisotopic (exact) mass is 731 g/mol. The van der Waals surface area contributed by atoms with Crippen LogP contribution < -0.4 is 9.62 Å². The minimum Gasteiger partial charge on any atom is -0.352 e. The third-order valence-electron chi connectivity index (χ3n) is 8.14. The van der Waals surface area contributed by atoms with Crippen molar-refractivity contribution in [1.82, 2.24) is 10.2 Å². The van der Waals surface area contributed by atoms with E-state index in [1.54, 1.807) is 36.4 Å². The van der Waals surface area contributed by atoms with Crippen LogP contribution in [0, 0.1) is 0 Å². The molecule has 0 aliphatic heterocycles. The molecular weight excluding hydrogens is 700 g/mol. The first-order chi connectivity index (χ1) is 22.5. The first kappa shape index (κ1) is 35.0. The zero-order valence-electron chi connectivity index (χ0n) is 25.3. The molecule has 4 aromatic carbocycles. The van der Waals surface area contributed by atoms with Crippen molar-refractivity contribution in [2.75, 3.05) is 10.8 Å². The number of nitrogens with zero attached hydrogens (tertiary/aromatic N) is 2. The lowest BCUT2D eigenvalue weighted by Crippen LogP contribution is -2.54. The molecule has 5 rings (SSSR count). The fraction of sp³-hybridized carbons (Fsp3) is 0.257. The van der Waals surface area contributed by atoms with Gasteiger partial charge in [0.2, 0.25) is 11.8 Å². The van der Waals surface area contributed by atoms with Crippen LogP contribution in [0.1, 0.15) is 36.8 Å². The van der Waals surface area contributed by atoms with E-state index in [0.717, 1.165) is 35.6 Å². The van der Waals surface area contributed by atoms with E-state index in [1.165, 1.54) is 35.2 Å². The highest BCUT2D eigenvalue weighted by Crippen LogP contribution is 2.30. The van der Waals surface area contributed by atoms with E-state index >= 15 is 0 Å². The Morgan fingerprint density at radius 2 is 1.43 bits per heavy atom. The summed E-state index contributed by atoms with van der Waals surface area (Å²) < 4.78 is 29.3. The molecule has 2 amide bonds. The molecule has 4 aromatic rings. The van der Waals surface area contributed by atoms with E-state index in [4.69, 9.17) is 46.4 Å². The molecule has 1 fully saturated rings. The van der Waals surface area contributed by atoms with Crippen molar-refractivity contribution in [2.45, 2.75) is 55.6 Å². The third kappa shape index (κ3) is 8.80. The molecule has 1 saturated carbocycles. The summed E-state index contributed by atoms with van der Waals surface area (Å²) in [5, 5.41) is 4.40.